The zero-order valence-corrected chi connectivity index (χ0v) is 13.3. The number of aromatic nitrogens is 4. The molecule has 0 saturated carbocycles. The number of rotatable bonds is 5. The van der Waals surface area contributed by atoms with Crippen molar-refractivity contribution in [2.24, 2.45) is 0 Å². The monoisotopic (exact) mass is 329 g/mol. The highest BCUT2D eigenvalue weighted by molar-refractivity contribution is 7.10. The molecule has 3 heterocycles. The van der Waals surface area contributed by atoms with Gasteiger partial charge in [-0.1, -0.05) is 11.3 Å². The van der Waals surface area contributed by atoms with Crippen molar-refractivity contribution in [2.45, 2.75) is 19.4 Å². The van der Waals surface area contributed by atoms with Crippen molar-refractivity contribution in [3.05, 3.63) is 50.4 Å². The maximum absolute atomic E-state index is 12.4. The molecule has 0 fully saturated rings. The molecular formula is C14H11N5OS2. The number of ketones is 1. The number of hydrogen-bond donors (Lipinski definition) is 0. The molecule has 0 aliphatic carbocycles. The van der Waals surface area contributed by atoms with E-state index in [2.05, 4.69) is 15.3 Å². The Balaban J connectivity index is 1.80. The molecule has 1 atom stereocenters. The van der Waals surface area contributed by atoms with Gasteiger partial charge in [-0.25, -0.2) is 9.67 Å². The predicted molar refractivity (Wildman–Crippen MR) is 83.0 cm³/mol. The normalized spacial score (nSPS) is 12.0. The molecule has 0 aliphatic rings. The van der Waals surface area contributed by atoms with E-state index in [4.69, 9.17) is 0 Å². The summed E-state index contributed by atoms with van der Waals surface area (Å²) >= 11 is 2.92. The zero-order chi connectivity index (χ0) is 15.5. The number of nitriles is 1. The Kier molecular flexibility index (Phi) is 4.09. The van der Waals surface area contributed by atoms with Crippen LogP contribution in [0.2, 0.25) is 0 Å². The van der Waals surface area contributed by atoms with Crippen molar-refractivity contribution >= 4 is 28.5 Å². The summed E-state index contributed by atoms with van der Waals surface area (Å²) in [5.74, 6) is -1.29. The fraction of sp³-hybridized carbons (Fsp3) is 0.214. The van der Waals surface area contributed by atoms with Crippen molar-refractivity contribution in [2.75, 3.05) is 0 Å². The first kappa shape index (κ1) is 14.6. The lowest BCUT2D eigenvalue weighted by Crippen LogP contribution is -2.11. The number of hydrogen-bond acceptors (Lipinski definition) is 7. The van der Waals surface area contributed by atoms with Gasteiger partial charge >= 0.3 is 0 Å². The smallest absolute Gasteiger partial charge is 0.208 e. The summed E-state index contributed by atoms with van der Waals surface area (Å²) in [5, 5.41) is 21.4. The third kappa shape index (κ3) is 2.95. The van der Waals surface area contributed by atoms with Crippen LogP contribution in [-0.4, -0.2) is 25.8 Å². The molecule has 0 aromatic carbocycles. The predicted octanol–water partition coefficient (Wildman–Crippen LogP) is 2.64. The Morgan fingerprint density at radius 1 is 1.50 bits per heavy atom. The quantitative estimate of drug-likeness (QED) is 0.672. The minimum atomic E-state index is -0.925. The molecule has 6 nitrogen and oxygen atoms in total. The summed E-state index contributed by atoms with van der Waals surface area (Å²) in [6.07, 6.45) is 1.58. The van der Waals surface area contributed by atoms with Crippen LogP contribution in [0.5, 0.6) is 0 Å². The Labute approximate surface area is 134 Å². The molecule has 0 bridgehead atoms. The highest BCUT2D eigenvalue weighted by Crippen LogP contribution is 2.23. The maximum Gasteiger partial charge on any atom is 0.208 e. The molecule has 0 aliphatic heterocycles. The standard InChI is InChI=1S/C14H11N5OS2/c1-9-8-22-14(16-9)11(5-15)13(20)12-7-19(18-17-12)6-10-3-2-4-21-10/h2-4,7-8,11H,6H2,1H3/t11-/m1/s1. The van der Waals surface area contributed by atoms with Gasteiger partial charge in [0.2, 0.25) is 5.78 Å². The third-order valence-corrected chi connectivity index (χ3v) is 4.85. The van der Waals surface area contributed by atoms with Crippen molar-refractivity contribution < 1.29 is 4.79 Å². The second-order valence-corrected chi connectivity index (χ2v) is 6.56. The number of aryl methyl sites for hydroxylation is 1. The molecule has 110 valence electrons. The van der Waals surface area contributed by atoms with Crippen molar-refractivity contribution in [1.29, 1.82) is 5.26 Å². The van der Waals surface area contributed by atoms with E-state index in [1.54, 1.807) is 22.2 Å². The highest BCUT2D eigenvalue weighted by Gasteiger charge is 2.27. The molecule has 22 heavy (non-hydrogen) atoms. The molecule has 0 amide bonds. The SMILES string of the molecule is Cc1csc([C@H](C#N)C(=O)c2cn(Cc3cccs3)nn2)n1. The molecule has 3 aromatic heterocycles. The van der Waals surface area contributed by atoms with Gasteiger partial charge in [-0.2, -0.15) is 5.26 Å². The average molecular weight is 329 g/mol. The largest absolute Gasteiger partial charge is 0.290 e. The summed E-state index contributed by atoms with van der Waals surface area (Å²) in [7, 11) is 0. The summed E-state index contributed by atoms with van der Waals surface area (Å²) in [5.41, 5.74) is 0.991. The third-order valence-electron chi connectivity index (χ3n) is 2.96. The summed E-state index contributed by atoms with van der Waals surface area (Å²) in [4.78, 5) is 17.8. The number of thiophene rings is 1. The fourth-order valence-electron chi connectivity index (χ4n) is 1.93. The molecule has 0 radical (unpaired) electrons. The Hall–Kier alpha value is -2.37. The van der Waals surface area contributed by atoms with Crippen LogP contribution in [0, 0.1) is 18.3 Å². The van der Waals surface area contributed by atoms with E-state index in [1.807, 2.05) is 35.9 Å². The van der Waals surface area contributed by atoms with E-state index < -0.39 is 5.92 Å². The second-order valence-electron chi connectivity index (χ2n) is 4.63. The van der Waals surface area contributed by atoms with Crippen molar-refractivity contribution in [3.63, 3.8) is 0 Å². The number of carbonyl (C=O) groups is 1. The lowest BCUT2D eigenvalue weighted by Gasteiger charge is -2.01. The number of carbonyl (C=O) groups excluding carboxylic acids is 1. The van der Waals surface area contributed by atoms with Crippen LogP contribution >= 0.6 is 22.7 Å². The van der Waals surface area contributed by atoms with Crippen molar-refractivity contribution in [1.82, 2.24) is 20.0 Å². The highest BCUT2D eigenvalue weighted by atomic mass is 32.1. The lowest BCUT2D eigenvalue weighted by molar-refractivity contribution is 0.0974. The van der Waals surface area contributed by atoms with Crippen LogP contribution in [0.25, 0.3) is 0 Å². The average Bonchev–Trinajstić information content (AvgIpc) is 3.23. The van der Waals surface area contributed by atoms with E-state index in [-0.39, 0.29) is 11.5 Å². The minimum Gasteiger partial charge on any atom is -0.290 e. The summed E-state index contributed by atoms with van der Waals surface area (Å²) in [6, 6.07) is 5.96. The van der Waals surface area contributed by atoms with Gasteiger partial charge in [0.25, 0.3) is 0 Å². The van der Waals surface area contributed by atoms with E-state index in [0.29, 0.717) is 11.6 Å². The molecule has 3 rings (SSSR count). The second kappa shape index (κ2) is 6.17. The zero-order valence-electron chi connectivity index (χ0n) is 11.6. The first-order valence-electron chi connectivity index (χ1n) is 6.45. The lowest BCUT2D eigenvalue weighted by atomic mass is 10.0. The van der Waals surface area contributed by atoms with Crippen LogP contribution in [-0.2, 0) is 6.54 Å². The van der Waals surface area contributed by atoms with Crippen LogP contribution in [0.4, 0.5) is 0 Å². The Bertz CT molecular complexity index is 828. The van der Waals surface area contributed by atoms with Crippen molar-refractivity contribution in [3.8, 4) is 6.07 Å². The fourth-order valence-corrected chi connectivity index (χ4v) is 3.46. The topological polar surface area (TPSA) is 84.5 Å². The van der Waals surface area contributed by atoms with Crippen LogP contribution in [0.1, 0.15) is 32.0 Å². The summed E-state index contributed by atoms with van der Waals surface area (Å²) in [6.45, 7) is 2.39. The van der Waals surface area contributed by atoms with Gasteiger partial charge in [0.15, 0.2) is 11.6 Å². The number of thiazole rings is 1. The van der Waals surface area contributed by atoms with Gasteiger partial charge in [0.1, 0.15) is 5.01 Å². The molecule has 8 heteroatoms. The van der Waals surface area contributed by atoms with Crippen LogP contribution < -0.4 is 0 Å². The molecule has 0 spiro atoms. The molecule has 0 unspecified atom stereocenters. The molecule has 0 saturated heterocycles. The van der Waals surface area contributed by atoms with E-state index >= 15 is 0 Å². The van der Waals surface area contributed by atoms with E-state index in [1.165, 1.54) is 11.3 Å². The molecule has 3 aromatic rings. The Morgan fingerprint density at radius 3 is 3.00 bits per heavy atom. The van der Waals surface area contributed by atoms with Gasteiger partial charge in [0.05, 0.1) is 18.8 Å². The number of nitrogens with zero attached hydrogens (tertiary/aromatic N) is 5. The van der Waals surface area contributed by atoms with Crippen LogP contribution in [0.3, 0.4) is 0 Å². The molecular weight excluding hydrogens is 318 g/mol. The van der Waals surface area contributed by atoms with E-state index in [0.717, 1.165) is 10.6 Å². The van der Waals surface area contributed by atoms with Gasteiger partial charge in [-0.15, -0.1) is 27.8 Å². The van der Waals surface area contributed by atoms with Gasteiger partial charge in [0, 0.05) is 16.0 Å². The Morgan fingerprint density at radius 2 is 2.36 bits per heavy atom. The first-order chi connectivity index (χ1) is 10.7. The first-order valence-corrected chi connectivity index (χ1v) is 8.21. The van der Waals surface area contributed by atoms with Gasteiger partial charge in [-0.3, -0.25) is 4.79 Å². The molecule has 0 N–H and O–H groups in total. The maximum atomic E-state index is 12.4. The number of Topliss-reactive ketones (excluding diaryl/α,β-unsaturated/α-hetero) is 1. The van der Waals surface area contributed by atoms with Gasteiger partial charge in [-0.05, 0) is 18.4 Å². The van der Waals surface area contributed by atoms with Gasteiger partial charge < -0.3 is 0 Å². The summed E-state index contributed by atoms with van der Waals surface area (Å²) < 4.78 is 1.60. The van der Waals surface area contributed by atoms with E-state index in [9.17, 15) is 10.1 Å². The minimum absolute atomic E-state index is 0.191. The van der Waals surface area contributed by atoms with Crippen LogP contribution in [0.15, 0.2) is 29.1 Å².